The summed E-state index contributed by atoms with van der Waals surface area (Å²) in [5.41, 5.74) is 6.84. The van der Waals surface area contributed by atoms with E-state index in [1.807, 2.05) is 6.07 Å². The van der Waals surface area contributed by atoms with Gasteiger partial charge in [-0.2, -0.15) is 10.5 Å². The third-order valence-electron chi connectivity index (χ3n) is 5.00. The average molecular weight is 523 g/mol. The van der Waals surface area contributed by atoms with Crippen LogP contribution in [0.15, 0.2) is 41.9 Å². The van der Waals surface area contributed by atoms with Crippen molar-refractivity contribution in [3.8, 4) is 29.0 Å². The third kappa shape index (κ3) is 7.82. The number of anilines is 1. The summed E-state index contributed by atoms with van der Waals surface area (Å²) in [5, 5.41) is 18.8. The van der Waals surface area contributed by atoms with Crippen LogP contribution in [-0.2, 0) is 23.9 Å². The Bertz CT molecular complexity index is 1250. The number of carbonyl (C=O) groups excluding carboxylic acids is 3. The number of hydrogen-bond donors (Lipinski definition) is 1. The Labute approximate surface area is 219 Å². The molecule has 0 aliphatic rings. The molecule has 0 bridgehead atoms. The van der Waals surface area contributed by atoms with Crippen molar-refractivity contribution in [1.82, 2.24) is 4.98 Å². The van der Waals surface area contributed by atoms with Gasteiger partial charge in [-0.25, -0.2) is 4.98 Å². The zero-order valence-corrected chi connectivity index (χ0v) is 21.3. The lowest BCUT2D eigenvalue weighted by Crippen LogP contribution is -2.23. The largest absolute Gasteiger partial charge is 0.490 e. The summed E-state index contributed by atoms with van der Waals surface area (Å²) < 4.78 is 15.1. The van der Waals surface area contributed by atoms with Gasteiger partial charge >= 0.3 is 11.9 Å². The molecule has 2 aromatic rings. The van der Waals surface area contributed by atoms with Crippen LogP contribution < -0.4 is 10.5 Å². The number of Topliss-reactive ketones (excluding diaryl/α,β-unsaturated/α-hetero) is 1. The predicted octanol–water partition coefficient (Wildman–Crippen LogP) is 3.58. The van der Waals surface area contributed by atoms with Crippen molar-refractivity contribution >= 4 is 35.3 Å². The number of hydrogen-bond acceptors (Lipinski definition) is 11. The number of nitrogen functional groups attached to an aromatic ring is 1. The van der Waals surface area contributed by atoms with Crippen molar-refractivity contribution in [3.05, 3.63) is 48.0 Å². The molecule has 0 radical (unpaired) electrons. The van der Waals surface area contributed by atoms with Gasteiger partial charge in [-0.1, -0.05) is 36.5 Å². The summed E-state index contributed by atoms with van der Waals surface area (Å²) in [6.07, 6.45) is 0.936. The molecule has 0 saturated carbocycles. The number of esters is 2. The van der Waals surface area contributed by atoms with Gasteiger partial charge in [-0.05, 0) is 24.6 Å². The Balaban J connectivity index is 2.51. The molecule has 192 valence electrons. The van der Waals surface area contributed by atoms with Gasteiger partial charge in [0.2, 0.25) is 0 Å². The van der Waals surface area contributed by atoms with Crippen molar-refractivity contribution in [2.45, 2.75) is 36.5 Å². The molecule has 1 aromatic heterocycles. The van der Waals surface area contributed by atoms with Crippen LogP contribution in [0.5, 0.6) is 5.75 Å². The van der Waals surface area contributed by atoms with E-state index in [-0.39, 0.29) is 53.4 Å². The van der Waals surface area contributed by atoms with Crippen molar-refractivity contribution in [3.63, 3.8) is 0 Å². The number of ketones is 1. The van der Waals surface area contributed by atoms with Crippen molar-refractivity contribution < 1.29 is 28.6 Å². The van der Waals surface area contributed by atoms with Gasteiger partial charge in [0.1, 0.15) is 46.7 Å². The monoisotopic (exact) mass is 522 g/mol. The second-order valence-corrected chi connectivity index (χ2v) is 8.62. The smallest absolute Gasteiger partial charge is 0.307 e. The van der Waals surface area contributed by atoms with Crippen molar-refractivity contribution in [2.24, 2.45) is 0 Å². The maximum atomic E-state index is 12.9. The number of benzene rings is 1. The molecule has 1 heterocycles. The number of rotatable bonds is 13. The number of nitriles is 2. The second-order valence-electron chi connectivity index (χ2n) is 7.43. The number of methoxy groups -OCH3 is 1. The first-order valence-electron chi connectivity index (χ1n) is 11.2. The molecular formula is C26H26N4O6S. The molecule has 1 unspecified atom stereocenters. The Hall–Kier alpha value is -4.35. The number of aromatic nitrogens is 1. The number of nitrogens with zero attached hydrogens (tertiary/aromatic N) is 3. The summed E-state index contributed by atoms with van der Waals surface area (Å²) in [6.45, 7) is 5.73. The van der Waals surface area contributed by atoms with Crippen LogP contribution in [0.1, 0.15) is 37.3 Å². The van der Waals surface area contributed by atoms with Gasteiger partial charge in [-0.3, -0.25) is 14.4 Å². The number of nitrogens with two attached hydrogens (primary N) is 1. The lowest BCUT2D eigenvalue weighted by molar-refractivity contribution is -0.144. The quantitative estimate of drug-likeness (QED) is 0.232. The minimum atomic E-state index is -1.02. The van der Waals surface area contributed by atoms with Crippen LogP contribution >= 0.6 is 11.8 Å². The molecule has 37 heavy (non-hydrogen) atoms. The second kappa shape index (κ2) is 14.3. The van der Waals surface area contributed by atoms with E-state index in [9.17, 15) is 24.9 Å². The Morgan fingerprint density at radius 3 is 2.38 bits per heavy atom. The maximum absolute atomic E-state index is 12.9. The first kappa shape index (κ1) is 28.9. The van der Waals surface area contributed by atoms with Gasteiger partial charge in [-0.15, -0.1) is 0 Å². The van der Waals surface area contributed by atoms with Crippen molar-refractivity contribution in [1.29, 1.82) is 10.5 Å². The first-order chi connectivity index (χ1) is 17.8. The topological polar surface area (TPSA) is 165 Å². The third-order valence-corrected chi connectivity index (χ3v) is 6.23. The van der Waals surface area contributed by atoms with E-state index >= 15 is 0 Å². The standard InChI is InChI=1S/C26H26N4O6S/c1-4-12-36-17-8-6-16(7-9-17)24-18(14-27)25(29)30-26(19(24)15-28)37-21(13-23(33)34-3)20(31)10-11-22(32)35-5-2/h4,6-9,21H,1,5,10-13H2,2-3H3,(H2,29,30). The van der Waals surface area contributed by atoms with E-state index in [1.165, 1.54) is 7.11 Å². The fourth-order valence-electron chi connectivity index (χ4n) is 3.26. The molecule has 11 heteroatoms. The maximum Gasteiger partial charge on any atom is 0.307 e. The van der Waals surface area contributed by atoms with E-state index in [4.69, 9.17) is 19.9 Å². The highest BCUT2D eigenvalue weighted by atomic mass is 32.2. The molecule has 0 saturated heterocycles. The van der Waals surface area contributed by atoms with Gasteiger partial charge in [0.05, 0.1) is 37.4 Å². The summed E-state index contributed by atoms with van der Waals surface area (Å²) in [5.74, 6) is -1.21. The van der Waals surface area contributed by atoms with Gasteiger partial charge < -0.3 is 19.9 Å². The lowest BCUT2D eigenvalue weighted by atomic mass is 9.97. The normalized spacial score (nSPS) is 10.9. The number of pyridine rings is 1. The molecule has 0 spiro atoms. The molecule has 2 rings (SSSR count). The number of thioether (sulfide) groups is 1. The molecule has 10 nitrogen and oxygen atoms in total. The van der Waals surface area contributed by atoms with E-state index in [0.717, 1.165) is 11.8 Å². The van der Waals surface area contributed by atoms with Crippen LogP contribution in [0.2, 0.25) is 0 Å². The average Bonchev–Trinajstić information content (AvgIpc) is 2.90. The van der Waals surface area contributed by atoms with Crippen LogP contribution in [0, 0.1) is 22.7 Å². The highest BCUT2D eigenvalue weighted by Crippen LogP contribution is 2.38. The van der Waals surface area contributed by atoms with E-state index in [2.05, 4.69) is 17.6 Å². The van der Waals surface area contributed by atoms with Crippen LogP contribution in [0.3, 0.4) is 0 Å². The fourth-order valence-corrected chi connectivity index (χ4v) is 4.41. The lowest BCUT2D eigenvalue weighted by Gasteiger charge is -2.17. The molecular weight excluding hydrogens is 496 g/mol. The summed E-state index contributed by atoms with van der Waals surface area (Å²) in [6, 6.07) is 10.7. The first-order valence-corrected chi connectivity index (χ1v) is 12.1. The minimum Gasteiger partial charge on any atom is -0.490 e. The number of carbonyl (C=O) groups is 3. The summed E-state index contributed by atoms with van der Waals surface area (Å²) in [4.78, 5) is 40.9. The Kier molecular flexibility index (Phi) is 11.1. The summed E-state index contributed by atoms with van der Waals surface area (Å²) in [7, 11) is 1.19. The molecule has 0 aliphatic heterocycles. The van der Waals surface area contributed by atoms with Gasteiger partial charge in [0.25, 0.3) is 0 Å². The molecule has 1 aromatic carbocycles. The van der Waals surface area contributed by atoms with Crippen LogP contribution in [0.4, 0.5) is 5.82 Å². The molecule has 2 N–H and O–H groups in total. The SMILES string of the molecule is C=CCOc1ccc(-c2c(C#N)c(N)nc(SC(CC(=O)OC)C(=O)CCC(=O)OCC)c2C#N)cc1. The Morgan fingerprint density at radius 2 is 1.81 bits per heavy atom. The van der Waals surface area contributed by atoms with Gasteiger partial charge in [0, 0.05) is 12.0 Å². The number of ether oxygens (including phenoxy) is 3. The van der Waals surface area contributed by atoms with Crippen LogP contribution in [0.25, 0.3) is 11.1 Å². The predicted molar refractivity (Wildman–Crippen MR) is 136 cm³/mol. The highest BCUT2D eigenvalue weighted by molar-refractivity contribution is 8.00. The Morgan fingerprint density at radius 1 is 1.14 bits per heavy atom. The minimum absolute atomic E-state index is 0.00110. The molecule has 0 aliphatic carbocycles. The van der Waals surface area contributed by atoms with Crippen molar-refractivity contribution in [2.75, 3.05) is 26.1 Å². The van der Waals surface area contributed by atoms with E-state index < -0.39 is 23.0 Å². The zero-order valence-electron chi connectivity index (χ0n) is 20.5. The molecule has 1 atom stereocenters. The molecule has 0 fully saturated rings. The molecule has 0 amide bonds. The van der Waals surface area contributed by atoms with Gasteiger partial charge in [0.15, 0.2) is 0 Å². The van der Waals surface area contributed by atoms with E-state index in [0.29, 0.717) is 17.9 Å². The summed E-state index contributed by atoms with van der Waals surface area (Å²) >= 11 is 0.852. The fraction of sp³-hybridized carbons (Fsp3) is 0.308. The highest BCUT2D eigenvalue weighted by Gasteiger charge is 2.28. The van der Waals surface area contributed by atoms with E-state index in [1.54, 1.807) is 37.3 Å². The van der Waals surface area contributed by atoms with Crippen LogP contribution in [-0.4, -0.2) is 48.3 Å². The zero-order chi connectivity index (χ0) is 27.4.